The van der Waals surface area contributed by atoms with E-state index < -0.39 is 35.7 Å². The highest BCUT2D eigenvalue weighted by molar-refractivity contribution is 6.28. The van der Waals surface area contributed by atoms with E-state index in [9.17, 15) is 22.8 Å². The van der Waals surface area contributed by atoms with Gasteiger partial charge in [0.05, 0.1) is 18.8 Å². The summed E-state index contributed by atoms with van der Waals surface area (Å²) in [6.07, 6.45) is 3.56. The second-order valence-electron chi connectivity index (χ2n) is 8.29. The Kier molecular flexibility index (Phi) is 6.46. The van der Waals surface area contributed by atoms with Crippen LogP contribution >= 0.6 is 11.6 Å². The molecule has 2 aliphatic heterocycles. The van der Waals surface area contributed by atoms with E-state index in [1.807, 2.05) is 0 Å². The first kappa shape index (κ1) is 23.9. The van der Waals surface area contributed by atoms with Crippen molar-refractivity contribution in [3.05, 3.63) is 81.4 Å². The SMILES string of the molecule is O=C(N1CCNC(n2cc(-c3nc(Cl)ncc3F)ccc2=O)C1)N1N=CC[C@H]1c1cc(F)cc(F)c1. The van der Waals surface area contributed by atoms with Crippen molar-refractivity contribution in [3.63, 3.8) is 0 Å². The second kappa shape index (κ2) is 9.70. The predicted octanol–water partition coefficient (Wildman–Crippen LogP) is 3.33. The molecule has 2 amide bonds. The van der Waals surface area contributed by atoms with Gasteiger partial charge in [0.1, 0.15) is 23.5 Å². The number of benzene rings is 1. The van der Waals surface area contributed by atoms with E-state index >= 15 is 0 Å². The fourth-order valence-corrected chi connectivity index (χ4v) is 4.45. The molecule has 0 bridgehead atoms. The monoisotopic (exact) mass is 517 g/mol. The highest BCUT2D eigenvalue weighted by atomic mass is 35.5. The molecule has 2 atom stereocenters. The molecule has 36 heavy (non-hydrogen) atoms. The summed E-state index contributed by atoms with van der Waals surface area (Å²) in [5, 5.41) is 8.35. The summed E-state index contributed by atoms with van der Waals surface area (Å²) in [4.78, 5) is 35.0. The molecule has 4 heterocycles. The number of amides is 2. The Morgan fingerprint density at radius 1 is 1.14 bits per heavy atom. The predicted molar refractivity (Wildman–Crippen MR) is 125 cm³/mol. The van der Waals surface area contributed by atoms with Gasteiger partial charge >= 0.3 is 6.03 Å². The van der Waals surface area contributed by atoms with Crippen LogP contribution in [0.1, 0.15) is 24.2 Å². The first-order valence-electron chi connectivity index (χ1n) is 11.0. The molecule has 1 unspecified atom stereocenters. The van der Waals surface area contributed by atoms with Crippen LogP contribution in [0.25, 0.3) is 11.3 Å². The largest absolute Gasteiger partial charge is 0.341 e. The van der Waals surface area contributed by atoms with Crippen molar-refractivity contribution in [1.82, 2.24) is 29.8 Å². The van der Waals surface area contributed by atoms with Crippen LogP contribution < -0.4 is 10.9 Å². The Morgan fingerprint density at radius 2 is 1.92 bits per heavy atom. The number of hydrogen-bond donors (Lipinski definition) is 1. The summed E-state index contributed by atoms with van der Waals surface area (Å²) in [5.41, 5.74) is 0.154. The van der Waals surface area contributed by atoms with E-state index in [0.717, 1.165) is 12.3 Å². The number of carbonyl (C=O) groups is 1. The molecule has 2 aliphatic rings. The van der Waals surface area contributed by atoms with Crippen LogP contribution in [0, 0.1) is 17.5 Å². The quantitative estimate of drug-likeness (QED) is 0.538. The van der Waals surface area contributed by atoms with Crippen LogP contribution in [0.5, 0.6) is 0 Å². The molecule has 13 heteroatoms. The summed E-state index contributed by atoms with van der Waals surface area (Å²) >= 11 is 5.80. The number of piperazine rings is 1. The maximum absolute atomic E-state index is 14.3. The van der Waals surface area contributed by atoms with Gasteiger partial charge in [0.15, 0.2) is 5.82 Å². The van der Waals surface area contributed by atoms with Gasteiger partial charge in [-0.15, -0.1) is 0 Å². The third-order valence-electron chi connectivity index (χ3n) is 5.98. The topological polar surface area (TPSA) is 95.7 Å². The van der Waals surface area contributed by atoms with E-state index in [4.69, 9.17) is 11.6 Å². The molecule has 3 aromatic rings. The maximum Gasteiger partial charge on any atom is 0.341 e. The smallest absolute Gasteiger partial charge is 0.318 e. The molecule has 0 saturated carbocycles. The van der Waals surface area contributed by atoms with E-state index in [2.05, 4.69) is 20.4 Å². The van der Waals surface area contributed by atoms with Crippen LogP contribution in [0.4, 0.5) is 18.0 Å². The highest BCUT2D eigenvalue weighted by Crippen LogP contribution is 2.31. The minimum Gasteiger partial charge on any atom is -0.318 e. The number of urea groups is 1. The van der Waals surface area contributed by atoms with Gasteiger partial charge < -0.3 is 4.90 Å². The summed E-state index contributed by atoms with van der Waals surface area (Å²) in [6, 6.07) is 4.68. The standard InChI is InChI=1S/C23H19ClF3N7O2/c24-22-29-10-17(27)21(31-22)13-1-2-20(35)33(11-13)19-12-32(6-5-28-19)23(36)34-18(3-4-30-34)14-7-15(25)9-16(26)8-14/h1-2,4,7-11,18-19,28H,3,5-6,12H2/t18-,19?/m0/s1. The molecule has 1 fully saturated rings. The van der Waals surface area contributed by atoms with Gasteiger partial charge in [-0.2, -0.15) is 5.10 Å². The van der Waals surface area contributed by atoms with Crippen molar-refractivity contribution in [1.29, 1.82) is 0 Å². The minimum atomic E-state index is -0.743. The maximum atomic E-state index is 14.3. The fraction of sp³-hybridized carbons (Fsp3) is 0.261. The van der Waals surface area contributed by atoms with Gasteiger partial charge in [0.2, 0.25) is 5.28 Å². The number of carbonyl (C=O) groups excluding carboxylic acids is 1. The zero-order chi connectivity index (χ0) is 25.4. The van der Waals surface area contributed by atoms with Crippen molar-refractivity contribution in [2.75, 3.05) is 19.6 Å². The molecule has 0 spiro atoms. The molecule has 5 rings (SSSR count). The summed E-state index contributed by atoms with van der Waals surface area (Å²) in [7, 11) is 0. The Hall–Kier alpha value is -3.77. The minimum absolute atomic E-state index is 0.0657. The normalized spacial score (nSPS) is 19.7. The fourth-order valence-electron chi connectivity index (χ4n) is 4.31. The molecule has 1 aromatic carbocycles. The molecule has 1 saturated heterocycles. The first-order chi connectivity index (χ1) is 17.3. The summed E-state index contributed by atoms with van der Waals surface area (Å²) < 4.78 is 43.2. The lowest BCUT2D eigenvalue weighted by Crippen LogP contribution is -2.54. The molecule has 0 aliphatic carbocycles. The number of nitrogens with zero attached hydrogens (tertiary/aromatic N) is 6. The van der Waals surface area contributed by atoms with Gasteiger partial charge in [-0.25, -0.2) is 32.9 Å². The van der Waals surface area contributed by atoms with Crippen molar-refractivity contribution in [3.8, 4) is 11.3 Å². The zero-order valence-corrected chi connectivity index (χ0v) is 19.4. The average molecular weight is 518 g/mol. The van der Waals surface area contributed by atoms with E-state index in [1.165, 1.54) is 51.2 Å². The van der Waals surface area contributed by atoms with E-state index in [0.29, 0.717) is 30.6 Å². The third-order valence-corrected chi connectivity index (χ3v) is 6.17. The number of pyridine rings is 1. The van der Waals surface area contributed by atoms with Crippen molar-refractivity contribution >= 4 is 23.8 Å². The molecule has 9 nitrogen and oxygen atoms in total. The van der Waals surface area contributed by atoms with Gasteiger partial charge in [-0.05, 0) is 35.4 Å². The molecular formula is C23H19ClF3N7O2. The lowest BCUT2D eigenvalue weighted by molar-refractivity contribution is 0.116. The zero-order valence-electron chi connectivity index (χ0n) is 18.6. The molecule has 1 N–H and O–H groups in total. The molecule has 0 radical (unpaired) electrons. The number of halogens is 4. The Balaban J connectivity index is 1.39. The van der Waals surface area contributed by atoms with Gasteiger partial charge in [0.25, 0.3) is 5.56 Å². The first-order valence-corrected chi connectivity index (χ1v) is 11.4. The number of aromatic nitrogens is 3. The van der Waals surface area contributed by atoms with Crippen LogP contribution in [0.15, 0.2) is 52.6 Å². The molecule has 2 aromatic heterocycles. The number of hydrogen-bond acceptors (Lipinski definition) is 6. The number of rotatable bonds is 3. The van der Waals surface area contributed by atoms with Crippen molar-refractivity contribution < 1.29 is 18.0 Å². The van der Waals surface area contributed by atoms with Crippen LogP contribution in [-0.2, 0) is 0 Å². The van der Waals surface area contributed by atoms with Gasteiger partial charge in [-0.1, -0.05) is 0 Å². The Labute approximate surface area is 207 Å². The van der Waals surface area contributed by atoms with Crippen LogP contribution in [-0.4, -0.2) is 56.3 Å². The van der Waals surface area contributed by atoms with Crippen molar-refractivity contribution in [2.45, 2.75) is 18.6 Å². The lowest BCUT2D eigenvalue weighted by Gasteiger charge is -2.37. The highest BCUT2D eigenvalue weighted by Gasteiger charge is 2.34. The van der Waals surface area contributed by atoms with Crippen molar-refractivity contribution in [2.24, 2.45) is 5.10 Å². The van der Waals surface area contributed by atoms with E-state index in [-0.39, 0.29) is 23.1 Å². The number of hydrazone groups is 1. The lowest BCUT2D eigenvalue weighted by atomic mass is 10.0. The van der Waals surface area contributed by atoms with Crippen LogP contribution in [0.2, 0.25) is 5.28 Å². The molecular weight excluding hydrogens is 499 g/mol. The summed E-state index contributed by atoms with van der Waals surface area (Å²) in [5.74, 6) is -2.19. The Bertz CT molecular complexity index is 1400. The molecule has 186 valence electrons. The summed E-state index contributed by atoms with van der Waals surface area (Å²) in [6.45, 7) is 0.763. The Morgan fingerprint density at radius 3 is 2.69 bits per heavy atom. The van der Waals surface area contributed by atoms with Gasteiger partial charge in [0, 0.05) is 49.6 Å². The van der Waals surface area contributed by atoms with E-state index in [1.54, 1.807) is 0 Å². The van der Waals surface area contributed by atoms with Crippen LogP contribution in [0.3, 0.4) is 0 Å². The number of nitrogens with one attached hydrogen (secondary N) is 1. The van der Waals surface area contributed by atoms with Gasteiger partial charge in [-0.3, -0.25) is 14.7 Å². The second-order valence-corrected chi connectivity index (χ2v) is 8.63. The average Bonchev–Trinajstić information content (AvgIpc) is 3.35. The third kappa shape index (κ3) is 4.69.